The maximum absolute atomic E-state index is 13.5. The molecule has 6 heteroatoms. The average Bonchev–Trinajstić information content (AvgIpc) is 3.12. The number of carbonyl (C=O) groups excluding carboxylic acids is 1. The summed E-state index contributed by atoms with van der Waals surface area (Å²) in [5.74, 6) is -0.302. The van der Waals surface area contributed by atoms with Crippen molar-refractivity contribution >= 4 is 34.0 Å². The molecule has 0 radical (unpaired) electrons. The third kappa shape index (κ3) is 4.35. The van der Waals surface area contributed by atoms with Crippen molar-refractivity contribution in [3.05, 3.63) is 89.4 Å². The number of fused-ring (bicyclic) bond motifs is 1. The summed E-state index contributed by atoms with van der Waals surface area (Å²) in [5.41, 5.74) is 4.26. The Bertz CT molecular complexity index is 1230. The lowest BCUT2D eigenvalue weighted by Crippen LogP contribution is -2.54. The van der Waals surface area contributed by atoms with Gasteiger partial charge >= 0.3 is 0 Å². The molecule has 33 heavy (non-hydrogen) atoms. The molecule has 2 atom stereocenters. The van der Waals surface area contributed by atoms with E-state index < -0.39 is 0 Å². The second-order valence-corrected chi connectivity index (χ2v) is 9.21. The van der Waals surface area contributed by atoms with E-state index in [1.54, 1.807) is 6.08 Å². The second kappa shape index (κ2) is 9.16. The largest absolute Gasteiger partial charge is 0.350 e. The molecule has 4 rings (SSSR count). The first-order valence-electron chi connectivity index (χ1n) is 11.1. The fourth-order valence-corrected chi connectivity index (χ4v) is 4.92. The fraction of sp³-hybridized carbons (Fsp3) is 0.296. The molecule has 172 valence electrons. The molecule has 1 saturated heterocycles. The molecule has 0 bridgehead atoms. The monoisotopic (exact) mass is 465 g/mol. The summed E-state index contributed by atoms with van der Waals surface area (Å²) in [4.78, 5) is 17.8. The SMILES string of the molecule is C=CC(=C)c1cn(C)c2cc(Cl)c(C(=O)N3CCN(C(C)c4ccc(F)cc4)CC3C)cc12. The fourth-order valence-electron chi connectivity index (χ4n) is 4.68. The van der Waals surface area contributed by atoms with Crippen molar-refractivity contribution < 1.29 is 9.18 Å². The molecule has 2 aromatic carbocycles. The minimum absolute atomic E-state index is 0.0132. The molecular weight excluding hydrogens is 437 g/mol. The highest BCUT2D eigenvalue weighted by Crippen LogP contribution is 2.33. The van der Waals surface area contributed by atoms with Crippen molar-refractivity contribution in [2.24, 2.45) is 7.05 Å². The van der Waals surface area contributed by atoms with E-state index in [1.807, 2.05) is 47.0 Å². The summed E-state index contributed by atoms with van der Waals surface area (Å²) < 4.78 is 15.3. The molecule has 1 aliphatic heterocycles. The van der Waals surface area contributed by atoms with E-state index in [1.165, 1.54) is 12.1 Å². The number of piperazine rings is 1. The van der Waals surface area contributed by atoms with Gasteiger partial charge < -0.3 is 9.47 Å². The highest BCUT2D eigenvalue weighted by Gasteiger charge is 2.31. The van der Waals surface area contributed by atoms with Crippen LogP contribution in [0.15, 0.2) is 61.8 Å². The van der Waals surface area contributed by atoms with Crippen molar-refractivity contribution in [1.82, 2.24) is 14.4 Å². The number of nitrogens with zero attached hydrogens (tertiary/aromatic N) is 3. The Morgan fingerprint density at radius 1 is 1.21 bits per heavy atom. The van der Waals surface area contributed by atoms with E-state index in [-0.39, 0.29) is 23.8 Å². The lowest BCUT2D eigenvalue weighted by Gasteiger charge is -2.42. The molecule has 1 aromatic heterocycles. The topological polar surface area (TPSA) is 28.5 Å². The minimum Gasteiger partial charge on any atom is -0.350 e. The summed E-state index contributed by atoms with van der Waals surface area (Å²) >= 11 is 6.59. The van der Waals surface area contributed by atoms with Gasteiger partial charge in [0.05, 0.1) is 10.6 Å². The zero-order valence-corrected chi connectivity index (χ0v) is 20.1. The number of aryl methyl sites for hydroxylation is 1. The Kier molecular flexibility index (Phi) is 6.46. The van der Waals surface area contributed by atoms with Crippen LogP contribution in [0, 0.1) is 5.82 Å². The van der Waals surface area contributed by atoms with Crippen LogP contribution in [0.5, 0.6) is 0 Å². The number of rotatable bonds is 5. The van der Waals surface area contributed by atoms with Gasteiger partial charge in [0.2, 0.25) is 0 Å². The molecule has 0 N–H and O–H groups in total. The van der Waals surface area contributed by atoms with Gasteiger partial charge in [-0.05, 0) is 49.2 Å². The third-order valence-corrected chi connectivity index (χ3v) is 7.03. The van der Waals surface area contributed by atoms with Crippen LogP contribution >= 0.6 is 11.6 Å². The molecule has 0 saturated carbocycles. The Morgan fingerprint density at radius 3 is 2.55 bits per heavy atom. The number of halogens is 2. The van der Waals surface area contributed by atoms with E-state index in [0.717, 1.165) is 40.7 Å². The molecule has 4 nitrogen and oxygen atoms in total. The molecule has 3 aromatic rings. The molecule has 1 aliphatic rings. The highest BCUT2D eigenvalue weighted by molar-refractivity contribution is 6.34. The lowest BCUT2D eigenvalue weighted by atomic mass is 10.0. The van der Waals surface area contributed by atoms with Crippen molar-refractivity contribution in [2.75, 3.05) is 19.6 Å². The van der Waals surface area contributed by atoms with Gasteiger partial charge in [0.25, 0.3) is 5.91 Å². The van der Waals surface area contributed by atoms with Crippen molar-refractivity contribution in [2.45, 2.75) is 25.9 Å². The van der Waals surface area contributed by atoms with Crippen LogP contribution in [0.3, 0.4) is 0 Å². The maximum Gasteiger partial charge on any atom is 0.255 e. The van der Waals surface area contributed by atoms with Gasteiger partial charge in [-0.3, -0.25) is 9.69 Å². The van der Waals surface area contributed by atoms with Gasteiger partial charge in [0.15, 0.2) is 0 Å². The Balaban J connectivity index is 1.57. The van der Waals surface area contributed by atoms with Gasteiger partial charge in [-0.2, -0.15) is 0 Å². The number of allylic oxidation sites excluding steroid dienone is 2. The normalized spacial score (nSPS) is 17.8. The number of hydrogen-bond acceptors (Lipinski definition) is 2. The summed E-state index contributed by atoms with van der Waals surface area (Å²) in [7, 11) is 1.95. The molecule has 0 aliphatic carbocycles. The van der Waals surface area contributed by atoms with E-state index in [2.05, 4.69) is 31.9 Å². The first kappa shape index (κ1) is 23.3. The standard InChI is InChI=1S/C27H29ClFN3O/c1-6-17(2)24-16-30(5)26-14-25(28)23(13-22(24)26)27(33)32-12-11-31(15-18(32)3)19(4)20-7-9-21(29)10-8-20/h6-10,13-14,16,18-19H,1-2,11-12,15H2,3-5H3. The Hall–Kier alpha value is -2.89. The quantitative estimate of drug-likeness (QED) is 0.427. The van der Waals surface area contributed by atoms with E-state index >= 15 is 0 Å². The van der Waals surface area contributed by atoms with Gasteiger partial charge in [-0.25, -0.2) is 4.39 Å². The van der Waals surface area contributed by atoms with Crippen LogP contribution < -0.4 is 0 Å². The van der Waals surface area contributed by atoms with E-state index in [0.29, 0.717) is 17.1 Å². The minimum atomic E-state index is -0.234. The van der Waals surface area contributed by atoms with Crippen LogP contribution in [0.25, 0.3) is 16.5 Å². The zero-order chi connectivity index (χ0) is 23.9. The molecular formula is C27H29ClFN3O. The van der Waals surface area contributed by atoms with Crippen LogP contribution in [-0.4, -0.2) is 46.0 Å². The second-order valence-electron chi connectivity index (χ2n) is 8.80. The summed E-state index contributed by atoms with van der Waals surface area (Å²) in [5, 5.41) is 1.38. The van der Waals surface area contributed by atoms with Gasteiger partial charge in [0, 0.05) is 61.4 Å². The molecule has 1 fully saturated rings. The summed E-state index contributed by atoms with van der Waals surface area (Å²) in [6.07, 6.45) is 3.70. The number of amides is 1. The number of aromatic nitrogens is 1. The lowest BCUT2D eigenvalue weighted by molar-refractivity contribution is 0.0406. The molecule has 2 unspecified atom stereocenters. The van der Waals surface area contributed by atoms with Gasteiger partial charge in [0.1, 0.15) is 5.82 Å². The van der Waals surface area contributed by atoms with Gasteiger partial charge in [-0.1, -0.05) is 43.0 Å². The molecule has 1 amide bonds. The van der Waals surface area contributed by atoms with E-state index in [4.69, 9.17) is 11.6 Å². The highest BCUT2D eigenvalue weighted by atomic mass is 35.5. The number of benzene rings is 2. The Labute approximate surface area is 199 Å². The van der Waals surface area contributed by atoms with Gasteiger partial charge in [-0.15, -0.1) is 0 Å². The number of carbonyl (C=O) groups is 1. The third-order valence-electron chi connectivity index (χ3n) is 6.72. The van der Waals surface area contributed by atoms with Crippen LogP contribution in [0.2, 0.25) is 5.02 Å². The van der Waals surface area contributed by atoms with Crippen LogP contribution in [-0.2, 0) is 7.05 Å². The molecule has 2 heterocycles. The first-order chi connectivity index (χ1) is 15.7. The number of hydrogen-bond donors (Lipinski definition) is 0. The average molecular weight is 466 g/mol. The predicted octanol–water partition coefficient (Wildman–Crippen LogP) is 6.08. The molecule has 0 spiro atoms. The van der Waals surface area contributed by atoms with E-state index in [9.17, 15) is 9.18 Å². The van der Waals surface area contributed by atoms with Crippen molar-refractivity contribution in [3.8, 4) is 0 Å². The smallest absolute Gasteiger partial charge is 0.255 e. The predicted molar refractivity (Wildman–Crippen MR) is 134 cm³/mol. The zero-order valence-electron chi connectivity index (χ0n) is 19.3. The van der Waals surface area contributed by atoms with Crippen molar-refractivity contribution in [3.63, 3.8) is 0 Å². The summed E-state index contributed by atoms with van der Waals surface area (Å²) in [6.45, 7) is 14.1. The Morgan fingerprint density at radius 2 is 1.91 bits per heavy atom. The van der Waals surface area contributed by atoms with Crippen LogP contribution in [0.1, 0.15) is 41.4 Å². The first-order valence-corrected chi connectivity index (χ1v) is 11.5. The van der Waals surface area contributed by atoms with Crippen LogP contribution in [0.4, 0.5) is 4.39 Å². The summed E-state index contributed by atoms with van der Waals surface area (Å²) in [6, 6.07) is 10.5. The maximum atomic E-state index is 13.5. The van der Waals surface area contributed by atoms with Crippen molar-refractivity contribution in [1.29, 1.82) is 0 Å².